The summed E-state index contributed by atoms with van der Waals surface area (Å²) in [5.74, 6) is 0.716. The predicted octanol–water partition coefficient (Wildman–Crippen LogP) is 5.47. The van der Waals surface area contributed by atoms with E-state index in [-0.39, 0.29) is 0 Å². The standard InChI is InChI=1S/C19H30O4S/c1-3-4-5-6-7-8-9-10-11-12-13-17-16(2)14-15-18-19(17)23-24(20,21)22-18/h14-15H,3-13H2,1-2H3. The molecule has 5 heteroatoms. The second kappa shape index (κ2) is 9.30. The third-order valence-electron chi connectivity index (χ3n) is 4.62. The van der Waals surface area contributed by atoms with Gasteiger partial charge in [0, 0.05) is 5.56 Å². The zero-order chi connectivity index (χ0) is 17.4. The van der Waals surface area contributed by atoms with Crippen molar-refractivity contribution in [1.82, 2.24) is 0 Å². The third-order valence-corrected chi connectivity index (χ3v) is 5.37. The molecule has 1 aliphatic heterocycles. The highest BCUT2D eigenvalue weighted by Crippen LogP contribution is 2.40. The average Bonchev–Trinajstić information content (AvgIpc) is 2.85. The second-order valence-electron chi connectivity index (χ2n) is 6.70. The molecule has 2 rings (SSSR count). The quantitative estimate of drug-likeness (QED) is 0.494. The van der Waals surface area contributed by atoms with Crippen LogP contribution in [0.4, 0.5) is 0 Å². The van der Waals surface area contributed by atoms with E-state index in [4.69, 9.17) is 8.37 Å². The number of unbranched alkanes of at least 4 members (excludes halogenated alkanes) is 9. The van der Waals surface area contributed by atoms with Crippen molar-refractivity contribution >= 4 is 10.4 Å². The van der Waals surface area contributed by atoms with Gasteiger partial charge < -0.3 is 8.37 Å². The van der Waals surface area contributed by atoms with Crippen LogP contribution < -0.4 is 8.37 Å². The van der Waals surface area contributed by atoms with Gasteiger partial charge in [0.05, 0.1) is 0 Å². The van der Waals surface area contributed by atoms with Gasteiger partial charge in [0.25, 0.3) is 0 Å². The second-order valence-corrected chi connectivity index (χ2v) is 7.84. The highest BCUT2D eigenvalue weighted by atomic mass is 32.3. The van der Waals surface area contributed by atoms with Gasteiger partial charge in [0.15, 0.2) is 11.5 Å². The number of hydrogen-bond donors (Lipinski definition) is 0. The Balaban J connectivity index is 1.68. The van der Waals surface area contributed by atoms with Crippen molar-refractivity contribution in [3.8, 4) is 11.5 Å². The van der Waals surface area contributed by atoms with Gasteiger partial charge in [-0.1, -0.05) is 70.8 Å². The van der Waals surface area contributed by atoms with Gasteiger partial charge in [-0.15, -0.1) is 8.42 Å². The number of fused-ring (bicyclic) bond motifs is 1. The molecule has 4 nitrogen and oxygen atoms in total. The summed E-state index contributed by atoms with van der Waals surface area (Å²) in [6.07, 6.45) is 13.7. The maximum Gasteiger partial charge on any atom is 0.501 e. The largest absolute Gasteiger partial charge is 0.501 e. The summed E-state index contributed by atoms with van der Waals surface area (Å²) >= 11 is 0. The minimum atomic E-state index is -3.90. The van der Waals surface area contributed by atoms with Gasteiger partial charge in [-0.25, -0.2) is 0 Å². The van der Waals surface area contributed by atoms with Crippen molar-refractivity contribution in [3.05, 3.63) is 23.3 Å². The fourth-order valence-electron chi connectivity index (χ4n) is 3.19. The first-order valence-corrected chi connectivity index (χ1v) is 10.6. The molecule has 0 bridgehead atoms. The SMILES string of the molecule is CCCCCCCCCCCCc1c(C)ccc2c1OS(=O)(=O)O2. The monoisotopic (exact) mass is 354 g/mol. The molecule has 136 valence electrons. The average molecular weight is 355 g/mol. The summed E-state index contributed by atoms with van der Waals surface area (Å²) in [5, 5.41) is 0. The molecule has 0 saturated heterocycles. The molecule has 0 radical (unpaired) electrons. The van der Waals surface area contributed by atoms with Gasteiger partial charge in [-0.05, 0) is 31.4 Å². The van der Waals surface area contributed by atoms with E-state index in [0.29, 0.717) is 11.5 Å². The van der Waals surface area contributed by atoms with Crippen molar-refractivity contribution in [3.63, 3.8) is 0 Å². The van der Waals surface area contributed by atoms with Gasteiger partial charge in [0.1, 0.15) is 0 Å². The molecule has 1 aromatic rings. The van der Waals surface area contributed by atoms with E-state index in [9.17, 15) is 8.42 Å². The molecule has 1 aliphatic rings. The van der Waals surface area contributed by atoms with E-state index in [1.807, 2.05) is 13.0 Å². The lowest BCUT2D eigenvalue weighted by molar-refractivity contribution is 0.435. The predicted molar refractivity (Wildman–Crippen MR) is 96.9 cm³/mol. The van der Waals surface area contributed by atoms with Crippen molar-refractivity contribution in [2.24, 2.45) is 0 Å². The minimum Gasteiger partial charge on any atom is -0.349 e. The molecule has 1 heterocycles. The van der Waals surface area contributed by atoms with Crippen LogP contribution in [-0.2, 0) is 16.8 Å². The highest BCUT2D eigenvalue weighted by molar-refractivity contribution is 7.82. The Morgan fingerprint density at radius 2 is 1.42 bits per heavy atom. The molecule has 0 spiro atoms. The molecular weight excluding hydrogens is 324 g/mol. The summed E-state index contributed by atoms with van der Waals surface area (Å²) < 4.78 is 32.7. The van der Waals surface area contributed by atoms with Gasteiger partial charge in [-0.2, -0.15) is 0 Å². The van der Waals surface area contributed by atoms with Crippen LogP contribution in [0.2, 0.25) is 0 Å². The van der Waals surface area contributed by atoms with Crippen molar-refractivity contribution in [2.75, 3.05) is 0 Å². The first-order valence-electron chi connectivity index (χ1n) is 9.30. The van der Waals surface area contributed by atoms with Crippen LogP contribution >= 0.6 is 0 Å². The molecule has 24 heavy (non-hydrogen) atoms. The number of benzene rings is 1. The van der Waals surface area contributed by atoms with E-state index in [0.717, 1.165) is 24.0 Å². The van der Waals surface area contributed by atoms with E-state index in [1.54, 1.807) is 6.07 Å². The molecule has 0 N–H and O–H groups in total. The lowest BCUT2D eigenvalue weighted by Gasteiger charge is -2.08. The summed E-state index contributed by atoms with van der Waals surface area (Å²) in [5.41, 5.74) is 2.03. The molecule has 0 atom stereocenters. The molecule has 1 aromatic carbocycles. The van der Waals surface area contributed by atoms with Gasteiger partial charge in [0.2, 0.25) is 0 Å². The normalized spacial score (nSPS) is 14.9. The molecule has 0 aliphatic carbocycles. The molecule has 0 unspecified atom stereocenters. The Bertz CT molecular complexity index is 622. The molecular formula is C19H30O4S. The number of aryl methyl sites for hydroxylation is 1. The Morgan fingerprint density at radius 1 is 0.833 bits per heavy atom. The molecule has 0 saturated carbocycles. The Morgan fingerprint density at radius 3 is 2.04 bits per heavy atom. The van der Waals surface area contributed by atoms with Crippen molar-refractivity contribution in [1.29, 1.82) is 0 Å². The minimum absolute atomic E-state index is 0.322. The zero-order valence-electron chi connectivity index (χ0n) is 15.0. The van der Waals surface area contributed by atoms with E-state index >= 15 is 0 Å². The third kappa shape index (κ3) is 5.69. The lowest BCUT2D eigenvalue weighted by atomic mass is 9.99. The van der Waals surface area contributed by atoms with Crippen molar-refractivity contribution in [2.45, 2.75) is 84.5 Å². The summed E-state index contributed by atoms with van der Waals surface area (Å²) in [7, 11) is -3.90. The Labute approximate surface area is 146 Å². The number of hydrogen-bond acceptors (Lipinski definition) is 4. The van der Waals surface area contributed by atoms with Gasteiger partial charge >= 0.3 is 10.4 Å². The maximum absolute atomic E-state index is 11.4. The number of rotatable bonds is 11. The molecule has 0 aromatic heterocycles. The fourth-order valence-corrected chi connectivity index (χ4v) is 3.96. The Hall–Kier alpha value is -1.23. The first kappa shape index (κ1) is 19.1. The van der Waals surface area contributed by atoms with E-state index in [2.05, 4.69) is 6.92 Å². The van der Waals surface area contributed by atoms with E-state index < -0.39 is 10.4 Å². The van der Waals surface area contributed by atoms with Crippen LogP contribution in [0.1, 0.15) is 82.3 Å². The first-order chi connectivity index (χ1) is 11.5. The Kier molecular flexibility index (Phi) is 7.40. The smallest absolute Gasteiger partial charge is 0.349 e. The van der Waals surface area contributed by atoms with E-state index in [1.165, 1.54) is 57.8 Å². The fraction of sp³-hybridized carbons (Fsp3) is 0.684. The van der Waals surface area contributed by atoms with Crippen LogP contribution in [0.5, 0.6) is 11.5 Å². The molecule has 0 fully saturated rings. The summed E-state index contributed by atoms with van der Waals surface area (Å²) in [6.45, 7) is 4.23. The van der Waals surface area contributed by atoms with Crippen molar-refractivity contribution < 1.29 is 16.8 Å². The lowest BCUT2D eigenvalue weighted by Crippen LogP contribution is -2.08. The van der Waals surface area contributed by atoms with Crippen LogP contribution in [0, 0.1) is 6.92 Å². The highest BCUT2D eigenvalue weighted by Gasteiger charge is 2.31. The van der Waals surface area contributed by atoms with Gasteiger partial charge in [-0.3, -0.25) is 0 Å². The molecule has 0 amide bonds. The summed E-state index contributed by atoms with van der Waals surface area (Å²) in [4.78, 5) is 0. The van der Waals surface area contributed by atoms with Crippen LogP contribution in [0.15, 0.2) is 12.1 Å². The zero-order valence-corrected chi connectivity index (χ0v) is 15.8. The summed E-state index contributed by atoms with van der Waals surface area (Å²) in [6, 6.07) is 3.56. The van der Waals surface area contributed by atoms with Crippen LogP contribution in [0.3, 0.4) is 0 Å². The maximum atomic E-state index is 11.4. The topological polar surface area (TPSA) is 52.6 Å². The van der Waals surface area contributed by atoms with Crippen LogP contribution in [0.25, 0.3) is 0 Å². The van der Waals surface area contributed by atoms with Crippen LogP contribution in [-0.4, -0.2) is 8.42 Å².